The topological polar surface area (TPSA) is 55.1 Å². The molecule has 0 saturated heterocycles. The molecule has 0 aromatic heterocycles. The van der Waals surface area contributed by atoms with Crippen molar-refractivity contribution in [1.29, 1.82) is 0 Å². The Bertz CT molecular complexity index is 407. The zero-order valence-electron chi connectivity index (χ0n) is 11.1. The lowest BCUT2D eigenvalue weighted by Gasteiger charge is -2.12. The van der Waals surface area contributed by atoms with Gasteiger partial charge in [-0.05, 0) is 24.8 Å². The van der Waals surface area contributed by atoms with Gasteiger partial charge in [0.2, 0.25) is 5.91 Å². The van der Waals surface area contributed by atoms with Crippen LogP contribution in [0.15, 0.2) is 30.3 Å². The van der Waals surface area contributed by atoms with Crippen LogP contribution in [-0.4, -0.2) is 24.7 Å². The van der Waals surface area contributed by atoms with Crippen LogP contribution in [0.2, 0.25) is 0 Å². The van der Waals surface area contributed by atoms with Gasteiger partial charge in [-0.15, -0.1) is 0 Å². The van der Waals surface area contributed by atoms with E-state index in [4.69, 9.17) is 5.73 Å². The van der Waals surface area contributed by atoms with E-state index < -0.39 is 24.5 Å². The molecule has 0 fully saturated rings. The Morgan fingerprint density at radius 3 is 2.50 bits per heavy atom. The zero-order chi connectivity index (χ0) is 15.0. The van der Waals surface area contributed by atoms with Gasteiger partial charge in [0.25, 0.3) is 0 Å². The molecule has 6 heteroatoms. The first-order chi connectivity index (χ1) is 9.38. The molecule has 20 heavy (non-hydrogen) atoms. The smallest absolute Gasteiger partial charge is 0.355 e. The van der Waals surface area contributed by atoms with Gasteiger partial charge in [-0.2, -0.15) is 13.2 Å². The third-order valence-electron chi connectivity index (χ3n) is 2.86. The molecule has 0 heterocycles. The summed E-state index contributed by atoms with van der Waals surface area (Å²) in [5, 5.41) is 2.43. The van der Waals surface area contributed by atoms with Crippen molar-refractivity contribution < 1.29 is 18.0 Å². The minimum absolute atomic E-state index is 0.00260. The molecule has 1 rings (SSSR count). The Morgan fingerprint density at radius 2 is 1.90 bits per heavy atom. The second-order valence-corrected chi connectivity index (χ2v) is 4.64. The number of nitrogens with one attached hydrogen (secondary N) is 1. The van der Waals surface area contributed by atoms with Crippen LogP contribution in [0.25, 0.3) is 0 Å². The standard InChI is InChI=1S/C14H19F3N2O/c15-14(16,17)9-4-10-19-13(20)12(18)8-7-11-5-2-1-3-6-11/h1-3,5-6,12H,4,7-10,18H2,(H,19,20). The second-order valence-electron chi connectivity index (χ2n) is 4.64. The van der Waals surface area contributed by atoms with Gasteiger partial charge in [-0.3, -0.25) is 4.79 Å². The monoisotopic (exact) mass is 288 g/mol. The van der Waals surface area contributed by atoms with E-state index in [1.165, 1.54) is 0 Å². The molecule has 0 radical (unpaired) electrons. The first-order valence-electron chi connectivity index (χ1n) is 6.52. The molecule has 1 aromatic rings. The highest BCUT2D eigenvalue weighted by molar-refractivity contribution is 5.81. The molecule has 3 N–H and O–H groups in total. The summed E-state index contributed by atoms with van der Waals surface area (Å²) in [7, 11) is 0. The van der Waals surface area contributed by atoms with Crippen LogP contribution in [0.5, 0.6) is 0 Å². The highest BCUT2D eigenvalue weighted by atomic mass is 19.4. The van der Waals surface area contributed by atoms with Crippen LogP contribution < -0.4 is 11.1 Å². The summed E-state index contributed by atoms with van der Waals surface area (Å²) in [5.74, 6) is -0.400. The molecule has 0 aliphatic carbocycles. The number of halogens is 3. The van der Waals surface area contributed by atoms with E-state index in [-0.39, 0.29) is 13.0 Å². The lowest BCUT2D eigenvalue weighted by atomic mass is 10.1. The van der Waals surface area contributed by atoms with Crippen LogP contribution >= 0.6 is 0 Å². The molecule has 1 atom stereocenters. The van der Waals surface area contributed by atoms with E-state index in [0.29, 0.717) is 12.8 Å². The maximum atomic E-state index is 11.9. The molecule has 1 aromatic carbocycles. The van der Waals surface area contributed by atoms with Gasteiger partial charge >= 0.3 is 6.18 Å². The fraction of sp³-hybridized carbons (Fsp3) is 0.500. The highest BCUT2D eigenvalue weighted by Gasteiger charge is 2.26. The van der Waals surface area contributed by atoms with Crippen molar-refractivity contribution in [2.75, 3.05) is 6.54 Å². The van der Waals surface area contributed by atoms with E-state index in [0.717, 1.165) is 5.56 Å². The number of hydrogen-bond acceptors (Lipinski definition) is 2. The molecule has 3 nitrogen and oxygen atoms in total. The number of benzene rings is 1. The van der Waals surface area contributed by atoms with Gasteiger partial charge in [0, 0.05) is 13.0 Å². The van der Waals surface area contributed by atoms with Crippen LogP contribution in [0.4, 0.5) is 13.2 Å². The molecule has 0 aliphatic rings. The van der Waals surface area contributed by atoms with Crippen LogP contribution in [0.3, 0.4) is 0 Å². The van der Waals surface area contributed by atoms with Crippen LogP contribution in [-0.2, 0) is 11.2 Å². The first kappa shape index (κ1) is 16.5. The van der Waals surface area contributed by atoms with Crippen molar-refractivity contribution in [3.8, 4) is 0 Å². The Hall–Kier alpha value is -1.56. The van der Waals surface area contributed by atoms with Gasteiger partial charge < -0.3 is 11.1 Å². The fourth-order valence-corrected chi connectivity index (χ4v) is 1.73. The Morgan fingerprint density at radius 1 is 1.25 bits per heavy atom. The van der Waals surface area contributed by atoms with E-state index in [2.05, 4.69) is 5.32 Å². The number of aryl methyl sites for hydroxylation is 1. The molecular weight excluding hydrogens is 269 g/mol. The molecule has 0 saturated carbocycles. The lowest BCUT2D eigenvalue weighted by Crippen LogP contribution is -2.41. The van der Waals surface area contributed by atoms with Crippen molar-refractivity contribution in [2.24, 2.45) is 5.73 Å². The molecule has 0 aliphatic heterocycles. The van der Waals surface area contributed by atoms with Gasteiger partial charge in [0.05, 0.1) is 6.04 Å². The van der Waals surface area contributed by atoms with Gasteiger partial charge in [0.15, 0.2) is 0 Å². The van der Waals surface area contributed by atoms with E-state index >= 15 is 0 Å². The van der Waals surface area contributed by atoms with E-state index in [1.54, 1.807) is 0 Å². The average Bonchev–Trinajstić information content (AvgIpc) is 2.40. The van der Waals surface area contributed by atoms with Gasteiger partial charge in [-0.25, -0.2) is 0 Å². The molecule has 1 unspecified atom stereocenters. The maximum absolute atomic E-state index is 11.9. The third-order valence-corrected chi connectivity index (χ3v) is 2.86. The Labute approximate surface area is 116 Å². The summed E-state index contributed by atoms with van der Waals surface area (Å²) in [5.41, 5.74) is 6.78. The van der Waals surface area contributed by atoms with Gasteiger partial charge in [0.1, 0.15) is 0 Å². The second kappa shape index (κ2) is 7.89. The average molecular weight is 288 g/mol. The number of alkyl halides is 3. The van der Waals surface area contributed by atoms with E-state index in [1.807, 2.05) is 30.3 Å². The van der Waals surface area contributed by atoms with Crippen molar-refractivity contribution in [3.05, 3.63) is 35.9 Å². The number of carbonyl (C=O) groups excluding carboxylic acids is 1. The predicted molar refractivity (Wildman–Crippen MR) is 71.0 cm³/mol. The van der Waals surface area contributed by atoms with Gasteiger partial charge in [-0.1, -0.05) is 30.3 Å². The number of rotatable bonds is 7. The zero-order valence-corrected chi connectivity index (χ0v) is 11.1. The molecular formula is C14H19F3N2O. The van der Waals surface area contributed by atoms with E-state index in [9.17, 15) is 18.0 Å². The molecule has 0 spiro atoms. The Kier molecular flexibility index (Phi) is 6.51. The molecule has 1 amide bonds. The summed E-state index contributed by atoms with van der Waals surface area (Å²) >= 11 is 0. The predicted octanol–water partition coefficient (Wildman–Crippen LogP) is 2.41. The maximum Gasteiger partial charge on any atom is 0.389 e. The largest absolute Gasteiger partial charge is 0.389 e. The van der Waals surface area contributed by atoms with Crippen molar-refractivity contribution in [2.45, 2.75) is 37.9 Å². The number of amides is 1. The fourth-order valence-electron chi connectivity index (χ4n) is 1.73. The van der Waals surface area contributed by atoms with Crippen molar-refractivity contribution in [1.82, 2.24) is 5.32 Å². The quantitative estimate of drug-likeness (QED) is 0.757. The van der Waals surface area contributed by atoms with Crippen molar-refractivity contribution >= 4 is 5.91 Å². The summed E-state index contributed by atoms with van der Waals surface area (Å²) in [4.78, 5) is 11.6. The summed E-state index contributed by atoms with van der Waals surface area (Å²) in [6, 6.07) is 8.88. The van der Waals surface area contributed by atoms with Crippen molar-refractivity contribution in [3.63, 3.8) is 0 Å². The molecule has 112 valence electrons. The third kappa shape index (κ3) is 7.13. The van der Waals surface area contributed by atoms with Crippen LogP contribution in [0.1, 0.15) is 24.8 Å². The number of carbonyl (C=O) groups is 1. The minimum atomic E-state index is -4.18. The number of hydrogen-bond donors (Lipinski definition) is 2. The summed E-state index contributed by atoms with van der Waals surface area (Å²) in [6.07, 6.45) is -4.07. The summed E-state index contributed by atoms with van der Waals surface area (Å²) < 4.78 is 35.7. The SMILES string of the molecule is NC(CCc1ccccc1)C(=O)NCCCC(F)(F)F. The minimum Gasteiger partial charge on any atom is -0.355 e. The highest BCUT2D eigenvalue weighted by Crippen LogP contribution is 2.20. The number of nitrogens with two attached hydrogens (primary N) is 1. The lowest BCUT2D eigenvalue weighted by molar-refractivity contribution is -0.136. The van der Waals surface area contributed by atoms with Crippen LogP contribution in [0, 0.1) is 0 Å². The molecule has 0 bridgehead atoms. The Balaban J connectivity index is 2.19. The normalized spacial score (nSPS) is 13.0. The summed E-state index contributed by atoms with van der Waals surface area (Å²) in [6.45, 7) is -0.00260. The first-order valence-corrected chi connectivity index (χ1v) is 6.52.